The highest BCUT2D eigenvalue weighted by Gasteiger charge is 2.45. The summed E-state index contributed by atoms with van der Waals surface area (Å²) < 4.78 is 0. The van der Waals surface area contributed by atoms with Crippen molar-refractivity contribution in [3.05, 3.63) is 89.5 Å². The molecular weight excluding hydrogens is 412 g/mol. The minimum absolute atomic E-state index is 0.0139. The van der Waals surface area contributed by atoms with Crippen LogP contribution in [-0.4, -0.2) is 28.8 Å². The lowest BCUT2D eigenvalue weighted by Gasteiger charge is -2.32. The first kappa shape index (κ1) is 21.3. The van der Waals surface area contributed by atoms with Crippen molar-refractivity contribution in [3.63, 3.8) is 0 Å². The highest BCUT2D eigenvalue weighted by Crippen LogP contribution is 2.33. The Morgan fingerprint density at radius 1 is 1.24 bits per heavy atom. The summed E-state index contributed by atoms with van der Waals surface area (Å²) in [6.07, 6.45) is 5.75. The van der Waals surface area contributed by atoms with Crippen LogP contribution in [0.5, 0.6) is 0 Å². The molecule has 3 aromatic rings. The van der Waals surface area contributed by atoms with Crippen molar-refractivity contribution in [1.29, 1.82) is 0 Å². The number of rotatable bonds is 6. The molecule has 6 nitrogen and oxygen atoms in total. The van der Waals surface area contributed by atoms with E-state index in [1.54, 1.807) is 6.20 Å². The monoisotopic (exact) mass is 440 g/mol. The van der Waals surface area contributed by atoms with E-state index in [0.29, 0.717) is 31.8 Å². The van der Waals surface area contributed by atoms with Gasteiger partial charge < -0.3 is 16.0 Å². The minimum Gasteiger partial charge on any atom is -0.358 e. The van der Waals surface area contributed by atoms with Crippen LogP contribution in [0.3, 0.4) is 0 Å². The molecule has 6 heteroatoms. The average molecular weight is 441 g/mol. The van der Waals surface area contributed by atoms with E-state index in [0.717, 1.165) is 28.5 Å². The maximum atomic E-state index is 13.1. The van der Waals surface area contributed by atoms with Crippen LogP contribution < -0.4 is 16.0 Å². The lowest BCUT2D eigenvalue weighted by atomic mass is 9.77. The number of nitrogens with one attached hydrogen (secondary N) is 3. The normalized spacial score (nSPS) is 20.4. The Kier molecular flexibility index (Phi) is 5.46. The van der Waals surface area contributed by atoms with Crippen LogP contribution in [0.4, 0.5) is 0 Å². The molecule has 1 saturated heterocycles. The van der Waals surface area contributed by atoms with E-state index in [-0.39, 0.29) is 17.6 Å². The first-order chi connectivity index (χ1) is 15.9. The van der Waals surface area contributed by atoms with Crippen LogP contribution in [0.2, 0.25) is 0 Å². The Morgan fingerprint density at radius 3 is 2.94 bits per heavy atom. The molecule has 2 unspecified atom stereocenters. The lowest BCUT2D eigenvalue weighted by molar-refractivity contribution is -0.124. The van der Waals surface area contributed by atoms with E-state index in [9.17, 15) is 9.59 Å². The van der Waals surface area contributed by atoms with Crippen LogP contribution in [0.25, 0.3) is 10.8 Å². The maximum Gasteiger partial charge on any atom is 0.251 e. The summed E-state index contributed by atoms with van der Waals surface area (Å²) in [4.78, 5) is 29.7. The van der Waals surface area contributed by atoms with E-state index in [1.165, 1.54) is 10.9 Å². The Balaban J connectivity index is 1.23. The highest BCUT2D eigenvalue weighted by atomic mass is 16.2. The third-order valence-corrected chi connectivity index (χ3v) is 6.88. The van der Waals surface area contributed by atoms with E-state index >= 15 is 0 Å². The molecular formula is C27H28N4O2. The summed E-state index contributed by atoms with van der Waals surface area (Å²) in [5.41, 5.74) is 3.58. The lowest BCUT2D eigenvalue weighted by Crippen LogP contribution is -2.50. The van der Waals surface area contributed by atoms with Crippen LogP contribution in [0.15, 0.2) is 67.3 Å². The number of hydrogen-bond acceptors (Lipinski definition) is 5. The molecule has 2 atom stereocenters. The fourth-order valence-electron chi connectivity index (χ4n) is 5.01. The number of aryl methyl sites for hydroxylation is 1. The molecule has 1 amide bonds. The van der Waals surface area contributed by atoms with Crippen LogP contribution in [0, 0.1) is 5.92 Å². The Morgan fingerprint density at radius 2 is 2.12 bits per heavy atom. The third kappa shape index (κ3) is 4.02. The smallest absolute Gasteiger partial charge is 0.251 e. The molecule has 2 aliphatic rings. The zero-order chi connectivity index (χ0) is 23.0. The topological polar surface area (TPSA) is 83.1 Å². The van der Waals surface area contributed by atoms with Crippen molar-refractivity contribution in [3.8, 4) is 0 Å². The molecule has 0 radical (unpaired) electrons. The number of Topliss-reactive ketones (excluding diaryl/α,β-unsaturated/α-hetero) is 1. The summed E-state index contributed by atoms with van der Waals surface area (Å²) in [5.74, 6) is 0.545. The standard InChI is InChI=1S/C27H28N4O2/c1-17(14-29-15-23-5-3-4-19-9-11-28-16-24(19)23)25(32)21-6-7-22-13-27(10-8-20(22)12-21)26(33)30-18(2)31-27/h3-7,9,11-12,16-17,29,31H,2,8,10,13-15H2,1H3,(H,30,33). The third-order valence-electron chi connectivity index (χ3n) is 6.88. The largest absolute Gasteiger partial charge is 0.358 e. The van der Waals surface area contributed by atoms with E-state index in [4.69, 9.17) is 0 Å². The number of ketones is 1. The molecule has 1 aliphatic heterocycles. The summed E-state index contributed by atoms with van der Waals surface area (Å²) in [5, 5.41) is 11.8. The fraction of sp³-hybridized carbons (Fsp3) is 0.296. The van der Waals surface area contributed by atoms with Gasteiger partial charge in [0.15, 0.2) is 5.78 Å². The molecule has 1 fully saturated rings. The summed E-state index contributed by atoms with van der Waals surface area (Å²) >= 11 is 0. The second-order valence-corrected chi connectivity index (χ2v) is 9.21. The van der Waals surface area contributed by atoms with Crippen LogP contribution >= 0.6 is 0 Å². The summed E-state index contributed by atoms with van der Waals surface area (Å²) in [6.45, 7) is 7.08. The van der Waals surface area contributed by atoms with Crippen LogP contribution in [-0.2, 0) is 24.2 Å². The first-order valence-corrected chi connectivity index (χ1v) is 11.4. The predicted molar refractivity (Wildman–Crippen MR) is 129 cm³/mol. The molecule has 168 valence electrons. The summed E-state index contributed by atoms with van der Waals surface area (Å²) in [6, 6.07) is 14.1. The zero-order valence-corrected chi connectivity index (χ0v) is 18.8. The molecule has 2 aromatic carbocycles. The zero-order valence-electron chi connectivity index (χ0n) is 18.8. The number of aromatic nitrogens is 1. The number of nitrogens with zero attached hydrogens (tertiary/aromatic N) is 1. The number of amides is 1. The Hall–Kier alpha value is -3.51. The van der Waals surface area contributed by atoms with Crippen molar-refractivity contribution in [1.82, 2.24) is 20.9 Å². The number of carbonyl (C=O) groups is 2. The number of carbonyl (C=O) groups excluding carboxylic acids is 2. The van der Waals surface area contributed by atoms with Gasteiger partial charge in [-0.3, -0.25) is 14.6 Å². The molecule has 2 heterocycles. The molecule has 3 N–H and O–H groups in total. The Bertz CT molecular complexity index is 1260. The number of pyridine rings is 1. The fourth-order valence-corrected chi connectivity index (χ4v) is 5.01. The van der Waals surface area contributed by atoms with E-state index in [2.05, 4.69) is 39.6 Å². The maximum absolute atomic E-state index is 13.1. The minimum atomic E-state index is -0.607. The second kappa shape index (κ2) is 8.45. The van der Waals surface area contributed by atoms with Gasteiger partial charge in [0.25, 0.3) is 5.91 Å². The SMILES string of the molecule is C=C1NC(=O)C2(CCc3cc(C(=O)C(C)CNCc4cccc5ccncc45)ccc3C2)N1. The van der Waals surface area contributed by atoms with E-state index in [1.807, 2.05) is 43.5 Å². The van der Waals surface area contributed by atoms with Gasteiger partial charge in [0.2, 0.25) is 0 Å². The van der Waals surface area contributed by atoms with Crippen molar-refractivity contribution in [2.45, 2.75) is 38.3 Å². The first-order valence-electron chi connectivity index (χ1n) is 11.4. The van der Waals surface area contributed by atoms with Gasteiger partial charge in [0.05, 0.1) is 5.82 Å². The number of fused-ring (bicyclic) bond motifs is 2. The molecule has 1 spiro atoms. The molecule has 33 heavy (non-hydrogen) atoms. The number of benzene rings is 2. The molecule has 5 rings (SSSR count). The van der Waals surface area contributed by atoms with Gasteiger partial charge in [-0.15, -0.1) is 0 Å². The van der Waals surface area contributed by atoms with Gasteiger partial charge in [-0.25, -0.2) is 0 Å². The molecule has 1 aromatic heterocycles. The number of hydrogen-bond donors (Lipinski definition) is 3. The van der Waals surface area contributed by atoms with Crippen molar-refractivity contribution in [2.24, 2.45) is 5.92 Å². The van der Waals surface area contributed by atoms with Crippen molar-refractivity contribution in [2.75, 3.05) is 6.54 Å². The average Bonchev–Trinajstić information content (AvgIpc) is 3.10. The predicted octanol–water partition coefficient (Wildman–Crippen LogP) is 3.26. The van der Waals surface area contributed by atoms with E-state index < -0.39 is 5.54 Å². The quantitative estimate of drug-likeness (QED) is 0.513. The second-order valence-electron chi connectivity index (χ2n) is 9.21. The van der Waals surface area contributed by atoms with Crippen molar-refractivity contribution >= 4 is 22.5 Å². The van der Waals surface area contributed by atoms with Gasteiger partial charge in [-0.05, 0) is 47.1 Å². The molecule has 0 bridgehead atoms. The summed E-state index contributed by atoms with van der Waals surface area (Å²) in [7, 11) is 0. The molecule has 1 aliphatic carbocycles. The van der Waals surface area contributed by atoms with Crippen molar-refractivity contribution < 1.29 is 9.59 Å². The van der Waals surface area contributed by atoms with Gasteiger partial charge >= 0.3 is 0 Å². The van der Waals surface area contributed by atoms with Gasteiger partial charge in [0, 0.05) is 48.8 Å². The van der Waals surface area contributed by atoms with Gasteiger partial charge in [-0.2, -0.15) is 0 Å². The van der Waals surface area contributed by atoms with Crippen LogP contribution in [0.1, 0.15) is 40.4 Å². The Labute approximate surface area is 193 Å². The van der Waals surface area contributed by atoms with Gasteiger partial charge in [0.1, 0.15) is 5.54 Å². The molecule has 0 saturated carbocycles. The van der Waals surface area contributed by atoms with Gasteiger partial charge in [-0.1, -0.05) is 43.8 Å². The highest BCUT2D eigenvalue weighted by molar-refractivity contribution is 5.98.